The molecule has 3 aromatic rings. The second-order valence-electron chi connectivity index (χ2n) is 5.49. The van der Waals surface area contributed by atoms with E-state index in [-0.39, 0.29) is 22.9 Å². The highest BCUT2D eigenvalue weighted by molar-refractivity contribution is 7.98. The summed E-state index contributed by atoms with van der Waals surface area (Å²) < 4.78 is 1.14. The van der Waals surface area contributed by atoms with Crippen LogP contribution in [0.4, 0.5) is 0 Å². The molecule has 7 heteroatoms. The van der Waals surface area contributed by atoms with Crippen molar-refractivity contribution in [1.29, 1.82) is 0 Å². The van der Waals surface area contributed by atoms with Crippen molar-refractivity contribution in [3.63, 3.8) is 0 Å². The molecule has 4 nitrogen and oxygen atoms in total. The molecule has 0 atom stereocenters. The lowest BCUT2D eigenvalue weighted by atomic mass is 10.1. The quantitative estimate of drug-likeness (QED) is 0.451. The van der Waals surface area contributed by atoms with E-state index in [4.69, 9.17) is 23.2 Å². The van der Waals surface area contributed by atoms with E-state index in [1.165, 1.54) is 12.1 Å². The van der Waals surface area contributed by atoms with Crippen LogP contribution in [0, 0.1) is 0 Å². The van der Waals surface area contributed by atoms with Crippen molar-refractivity contribution in [2.45, 2.75) is 11.4 Å². The number of Topliss-reactive ketones (excluding diaryl/α,β-unsaturated/α-hetero) is 1. The molecule has 0 bridgehead atoms. The fourth-order valence-electron chi connectivity index (χ4n) is 2.41. The summed E-state index contributed by atoms with van der Waals surface area (Å²) in [7, 11) is 0. The second kappa shape index (κ2) is 8.08. The first-order chi connectivity index (χ1) is 12.5. The van der Waals surface area contributed by atoms with Gasteiger partial charge in [0.2, 0.25) is 0 Å². The predicted molar refractivity (Wildman–Crippen MR) is 107 cm³/mol. The summed E-state index contributed by atoms with van der Waals surface area (Å²) >= 11 is 13.6. The van der Waals surface area contributed by atoms with Crippen molar-refractivity contribution in [2.75, 3.05) is 6.26 Å². The third kappa shape index (κ3) is 4.18. The van der Waals surface area contributed by atoms with E-state index in [2.05, 4.69) is 5.10 Å². The van der Waals surface area contributed by atoms with Crippen molar-refractivity contribution in [1.82, 2.24) is 9.78 Å². The fourth-order valence-corrected chi connectivity index (χ4v) is 3.34. The topological polar surface area (TPSA) is 52.0 Å². The first kappa shape index (κ1) is 18.7. The van der Waals surface area contributed by atoms with E-state index in [0.29, 0.717) is 16.3 Å². The molecule has 132 valence electrons. The number of hydrogen-bond donors (Lipinski definition) is 0. The molecule has 1 heterocycles. The molecule has 0 fully saturated rings. The number of carbonyl (C=O) groups excluding carboxylic acids is 1. The fraction of sp³-hybridized carbons (Fsp3) is 0.105. The van der Waals surface area contributed by atoms with E-state index >= 15 is 0 Å². The van der Waals surface area contributed by atoms with Crippen molar-refractivity contribution >= 4 is 40.7 Å². The molecule has 0 saturated heterocycles. The molecule has 0 aliphatic rings. The van der Waals surface area contributed by atoms with Crippen LogP contribution in [0.1, 0.15) is 10.4 Å². The van der Waals surface area contributed by atoms with E-state index in [1.54, 1.807) is 30.0 Å². The van der Waals surface area contributed by atoms with Crippen LogP contribution >= 0.6 is 35.0 Å². The van der Waals surface area contributed by atoms with Gasteiger partial charge >= 0.3 is 0 Å². The summed E-state index contributed by atoms with van der Waals surface area (Å²) in [6.45, 7) is -0.197. The van der Waals surface area contributed by atoms with Crippen LogP contribution in [0.15, 0.2) is 64.3 Å². The summed E-state index contributed by atoms with van der Waals surface area (Å²) in [6, 6.07) is 15.5. The van der Waals surface area contributed by atoms with E-state index in [9.17, 15) is 9.59 Å². The van der Waals surface area contributed by atoms with Gasteiger partial charge in [0.15, 0.2) is 5.78 Å². The summed E-state index contributed by atoms with van der Waals surface area (Å²) in [5, 5.41) is 5.01. The zero-order chi connectivity index (χ0) is 18.7. The van der Waals surface area contributed by atoms with Gasteiger partial charge in [-0.25, -0.2) is 4.68 Å². The number of hydrogen-bond acceptors (Lipinski definition) is 4. The number of halogens is 2. The van der Waals surface area contributed by atoms with E-state index in [1.807, 2.05) is 30.5 Å². The van der Waals surface area contributed by atoms with E-state index in [0.717, 1.165) is 15.1 Å². The molecule has 0 aliphatic heterocycles. The first-order valence-electron chi connectivity index (χ1n) is 7.69. The number of carbonyl (C=O) groups is 1. The number of benzene rings is 2. The summed E-state index contributed by atoms with van der Waals surface area (Å²) in [6.07, 6.45) is 2.00. The van der Waals surface area contributed by atoms with Gasteiger partial charge in [0, 0.05) is 27.1 Å². The molecule has 0 unspecified atom stereocenters. The Morgan fingerprint density at radius 3 is 2.46 bits per heavy atom. The number of thioether (sulfide) groups is 1. The van der Waals surface area contributed by atoms with Crippen LogP contribution in [-0.4, -0.2) is 21.8 Å². The van der Waals surface area contributed by atoms with Gasteiger partial charge in [-0.05, 0) is 42.7 Å². The number of nitrogens with zero attached hydrogens (tertiary/aromatic N) is 2. The molecule has 1 aromatic heterocycles. The molecule has 26 heavy (non-hydrogen) atoms. The lowest BCUT2D eigenvalue weighted by Crippen LogP contribution is -2.26. The summed E-state index contributed by atoms with van der Waals surface area (Å²) in [4.78, 5) is 25.7. The molecule has 2 aromatic carbocycles. The van der Waals surface area contributed by atoms with Crippen LogP contribution in [0.5, 0.6) is 0 Å². The first-order valence-corrected chi connectivity index (χ1v) is 9.67. The van der Waals surface area contributed by atoms with Crippen molar-refractivity contribution in [3.8, 4) is 11.3 Å². The molecule has 0 spiro atoms. The monoisotopic (exact) mass is 404 g/mol. The molecule has 0 radical (unpaired) electrons. The summed E-state index contributed by atoms with van der Waals surface area (Å²) in [5.74, 6) is -0.309. The summed E-state index contributed by atoms with van der Waals surface area (Å²) in [5.41, 5.74) is 1.44. The van der Waals surface area contributed by atoms with Crippen molar-refractivity contribution in [2.24, 2.45) is 0 Å². The highest BCUT2D eigenvalue weighted by atomic mass is 35.5. The van der Waals surface area contributed by atoms with E-state index < -0.39 is 0 Å². The minimum atomic E-state index is -0.354. The Kier molecular flexibility index (Phi) is 5.81. The largest absolute Gasteiger partial charge is 0.292 e. The Bertz CT molecular complexity index is 1020. The third-order valence-electron chi connectivity index (χ3n) is 3.78. The third-order valence-corrected chi connectivity index (χ3v) is 5.07. The Balaban J connectivity index is 1.90. The van der Waals surface area contributed by atoms with Gasteiger partial charge in [0.05, 0.1) is 10.7 Å². The lowest BCUT2D eigenvalue weighted by molar-refractivity contribution is 0.0966. The normalized spacial score (nSPS) is 10.7. The number of rotatable bonds is 5. The SMILES string of the molecule is CSc1ccc(-c2ccc(=O)n(CC(=O)c3ccc(Cl)cc3Cl)n2)cc1. The standard InChI is InChI=1S/C19H14Cl2N2O2S/c1-26-14-5-2-12(3-6-14)17-8-9-19(25)23(22-17)11-18(24)15-7-4-13(20)10-16(15)21/h2-10H,11H2,1H3. The maximum Gasteiger partial charge on any atom is 0.267 e. The Labute approximate surface area is 164 Å². The molecule has 3 rings (SSSR count). The molecule has 0 N–H and O–H groups in total. The maximum atomic E-state index is 12.5. The predicted octanol–water partition coefficient (Wildman–Crippen LogP) is 4.82. The van der Waals surface area contributed by atoms with Crippen LogP contribution in [0.3, 0.4) is 0 Å². The van der Waals surface area contributed by atoms with Gasteiger partial charge in [-0.3, -0.25) is 9.59 Å². The van der Waals surface area contributed by atoms with Gasteiger partial charge in [0.1, 0.15) is 6.54 Å². The highest BCUT2D eigenvalue weighted by Gasteiger charge is 2.13. The zero-order valence-electron chi connectivity index (χ0n) is 13.8. The molecule has 0 amide bonds. The van der Waals surface area contributed by atoms with Gasteiger partial charge in [0.25, 0.3) is 5.56 Å². The molecule has 0 saturated carbocycles. The van der Waals surface area contributed by atoms with Crippen LogP contribution < -0.4 is 5.56 Å². The number of aromatic nitrogens is 2. The minimum absolute atomic E-state index is 0.197. The Hall–Kier alpha value is -2.08. The van der Waals surface area contributed by atoms with Crippen LogP contribution in [0.2, 0.25) is 10.0 Å². The number of ketones is 1. The minimum Gasteiger partial charge on any atom is -0.292 e. The second-order valence-corrected chi connectivity index (χ2v) is 7.21. The average Bonchev–Trinajstić information content (AvgIpc) is 2.63. The molecule has 0 aliphatic carbocycles. The van der Waals surface area contributed by atoms with Crippen LogP contribution in [-0.2, 0) is 6.54 Å². The Morgan fingerprint density at radius 1 is 1.08 bits per heavy atom. The Morgan fingerprint density at radius 2 is 1.81 bits per heavy atom. The zero-order valence-corrected chi connectivity index (χ0v) is 16.1. The van der Waals surface area contributed by atoms with Crippen molar-refractivity contribution < 1.29 is 4.79 Å². The van der Waals surface area contributed by atoms with Gasteiger partial charge < -0.3 is 0 Å². The highest BCUT2D eigenvalue weighted by Crippen LogP contribution is 2.22. The smallest absolute Gasteiger partial charge is 0.267 e. The lowest BCUT2D eigenvalue weighted by Gasteiger charge is -2.08. The average molecular weight is 405 g/mol. The van der Waals surface area contributed by atoms with Gasteiger partial charge in [-0.1, -0.05) is 35.3 Å². The molecular weight excluding hydrogens is 391 g/mol. The van der Waals surface area contributed by atoms with Crippen LogP contribution in [0.25, 0.3) is 11.3 Å². The molecular formula is C19H14Cl2N2O2S. The van der Waals surface area contributed by atoms with Gasteiger partial charge in [-0.2, -0.15) is 5.10 Å². The van der Waals surface area contributed by atoms with Gasteiger partial charge in [-0.15, -0.1) is 11.8 Å². The van der Waals surface area contributed by atoms with Crippen molar-refractivity contribution in [3.05, 3.63) is 80.6 Å². The maximum absolute atomic E-state index is 12.5.